The van der Waals surface area contributed by atoms with Gasteiger partial charge in [-0.05, 0) is 20.8 Å². The quantitative estimate of drug-likeness (QED) is 0.130. The maximum Gasteiger partial charge on any atom is 0.406 e. The molecule has 5 atom stereocenters. The van der Waals surface area contributed by atoms with Crippen molar-refractivity contribution >= 4 is 53.8 Å². The summed E-state index contributed by atoms with van der Waals surface area (Å²) in [6.07, 6.45) is -4.84. The minimum absolute atomic E-state index is 0.105. The van der Waals surface area contributed by atoms with E-state index in [4.69, 9.17) is 41.7 Å². The topological polar surface area (TPSA) is 175 Å². The average Bonchev–Trinajstić information content (AvgIpc) is 3.05. The summed E-state index contributed by atoms with van der Waals surface area (Å²) in [5, 5.41) is 13.0. The minimum Gasteiger partial charge on any atom is -0.462 e. The molecule has 3 N–H and O–H groups in total. The second-order valence-corrected chi connectivity index (χ2v) is 14.4. The van der Waals surface area contributed by atoms with E-state index in [0.717, 1.165) is 11.8 Å². The molecule has 0 spiro atoms. The van der Waals surface area contributed by atoms with Crippen molar-refractivity contribution in [2.75, 3.05) is 19.0 Å². The summed E-state index contributed by atoms with van der Waals surface area (Å²) < 4.78 is 47.2. The molecular formula is C22H33Cl2FN3O10PS. The monoisotopic (exact) mass is 651 g/mol. The molecule has 0 saturated carbocycles. The van der Waals surface area contributed by atoms with Crippen LogP contribution in [-0.2, 0) is 32.7 Å². The number of H-pyrrole nitrogens is 1. The molecule has 0 radical (unpaired) electrons. The van der Waals surface area contributed by atoms with Crippen LogP contribution in [0.2, 0.25) is 0 Å². The minimum atomic E-state index is -4.34. The maximum absolute atomic E-state index is 13.8. The van der Waals surface area contributed by atoms with Crippen LogP contribution in [0.5, 0.6) is 0 Å². The Bertz CT molecular complexity index is 1240. The van der Waals surface area contributed by atoms with Gasteiger partial charge in [0.1, 0.15) is 18.2 Å². The van der Waals surface area contributed by atoms with Crippen molar-refractivity contribution in [2.45, 2.75) is 76.5 Å². The van der Waals surface area contributed by atoms with Crippen molar-refractivity contribution in [1.29, 1.82) is 0 Å². The van der Waals surface area contributed by atoms with Gasteiger partial charge in [-0.3, -0.25) is 33.0 Å². The Kier molecular flexibility index (Phi) is 12.0. The third-order valence-electron chi connectivity index (χ3n) is 5.21. The van der Waals surface area contributed by atoms with Crippen molar-refractivity contribution in [3.05, 3.63) is 32.9 Å². The zero-order valence-electron chi connectivity index (χ0n) is 22.6. The number of carbonyl (C=O) groups excluding carboxylic acids is 2. The predicted octanol–water partition coefficient (Wildman–Crippen LogP) is 2.48. The summed E-state index contributed by atoms with van der Waals surface area (Å²) in [6, 6.07) is -1.16. The molecule has 1 fully saturated rings. The molecule has 1 aromatic rings. The van der Waals surface area contributed by atoms with E-state index in [0.29, 0.717) is 10.8 Å². The number of alkyl halides is 2. The number of nitrogens with one attached hydrogen (secondary N) is 2. The summed E-state index contributed by atoms with van der Waals surface area (Å²) in [5.41, 5.74) is -3.02. The van der Waals surface area contributed by atoms with Crippen LogP contribution in [0.3, 0.4) is 0 Å². The van der Waals surface area contributed by atoms with Gasteiger partial charge >= 0.3 is 19.4 Å². The molecule has 1 saturated heterocycles. The molecular weight excluding hydrogens is 619 g/mol. The SMILES string of the molecule is CC(C)OC(=O)[C@H](C)N[P@@](=O)(OCCSC(=O)C(C)(C)C)OC[C@H]1O[C@@H](n2cc(F)c(=O)[nH]c2=O)C(Cl)(Cl)[C@@H]1O. The van der Waals surface area contributed by atoms with Crippen LogP contribution in [0, 0.1) is 11.2 Å². The molecule has 1 aromatic heterocycles. The van der Waals surface area contributed by atoms with E-state index >= 15 is 0 Å². The summed E-state index contributed by atoms with van der Waals surface area (Å²) in [6.45, 7) is 8.90. The van der Waals surface area contributed by atoms with Crippen LogP contribution in [0.4, 0.5) is 4.39 Å². The Morgan fingerprint density at radius 1 is 1.30 bits per heavy atom. The Hall–Kier alpha value is -1.29. The third-order valence-corrected chi connectivity index (χ3v) is 8.99. The zero-order chi connectivity index (χ0) is 30.6. The Balaban J connectivity index is 2.19. The lowest BCUT2D eigenvalue weighted by atomic mass is 10.00. The molecule has 0 unspecified atom stereocenters. The van der Waals surface area contributed by atoms with Gasteiger partial charge in [0.05, 0.1) is 25.5 Å². The van der Waals surface area contributed by atoms with Gasteiger partial charge in [-0.25, -0.2) is 14.4 Å². The van der Waals surface area contributed by atoms with E-state index < -0.39 is 77.7 Å². The van der Waals surface area contributed by atoms with Crippen molar-refractivity contribution in [3.8, 4) is 0 Å². The smallest absolute Gasteiger partial charge is 0.406 e. The van der Waals surface area contributed by atoms with E-state index in [-0.39, 0.29) is 17.5 Å². The molecule has 0 aromatic carbocycles. The molecule has 18 heteroatoms. The standard InChI is InChI=1S/C22H33Cl2FN3O10PS/c1-11(2)37-17(31)12(3)27-39(34,35-7-8-40-19(32)21(4,5)6)36-10-14-15(29)22(23,24)18(38-14)28-9-13(25)16(30)26-20(28)33/h9,11-12,14-15,18,29H,7-8,10H2,1-6H3,(H,27,34)(H,26,30,33)/t12-,14+,15+,18+,39+/m0/s1. The second kappa shape index (κ2) is 13.8. The highest BCUT2D eigenvalue weighted by molar-refractivity contribution is 8.13. The number of carbonyl (C=O) groups is 2. The highest BCUT2D eigenvalue weighted by atomic mass is 35.5. The van der Waals surface area contributed by atoms with Crippen molar-refractivity contribution in [2.24, 2.45) is 5.41 Å². The van der Waals surface area contributed by atoms with Gasteiger partial charge < -0.3 is 14.6 Å². The molecule has 2 heterocycles. The first-order chi connectivity index (χ1) is 18.3. The van der Waals surface area contributed by atoms with Crippen molar-refractivity contribution < 1.29 is 42.2 Å². The number of aromatic amines is 1. The van der Waals surface area contributed by atoms with Crippen LogP contribution in [0.15, 0.2) is 15.8 Å². The highest BCUT2D eigenvalue weighted by Crippen LogP contribution is 2.49. The number of esters is 1. The van der Waals surface area contributed by atoms with Crippen LogP contribution >= 0.6 is 42.7 Å². The molecule has 0 amide bonds. The highest BCUT2D eigenvalue weighted by Gasteiger charge is 2.56. The van der Waals surface area contributed by atoms with E-state index in [2.05, 4.69) is 5.09 Å². The lowest BCUT2D eigenvalue weighted by Gasteiger charge is -2.25. The summed E-state index contributed by atoms with van der Waals surface area (Å²) in [4.78, 5) is 49.7. The number of ether oxygens (including phenoxy) is 2. The van der Waals surface area contributed by atoms with Gasteiger partial charge in [-0.2, -0.15) is 4.39 Å². The average molecular weight is 652 g/mol. The summed E-state index contributed by atoms with van der Waals surface area (Å²) in [5.74, 6) is -1.99. The number of hydrogen-bond acceptors (Lipinski definition) is 11. The summed E-state index contributed by atoms with van der Waals surface area (Å²) in [7, 11) is -4.34. The van der Waals surface area contributed by atoms with E-state index in [1.165, 1.54) is 6.92 Å². The number of halogens is 3. The molecule has 0 aliphatic carbocycles. The van der Waals surface area contributed by atoms with E-state index in [1.54, 1.807) is 39.6 Å². The fourth-order valence-corrected chi connectivity index (χ4v) is 6.14. The molecule has 1 aliphatic heterocycles. The lowest BCUT2D eigenvalue weighted by molar-refractivity contribution is -0.149. The number of aliphatic hydroxyl groups is 1. The van der Waals surface area contributed by atoms with Crippen LogP contribution in [0.25, 0.3) is 0 Å². The van der Waals surface area contributed by atoms with Crippen molar-refractivity contribution in [3.63, 3.8) is 0 Å². The van der Waals surface area contributed by atoms with Gasteiger partial charge in [-0.1, -0.05) is 55.7 Å². The van der Waals surface area contributed by atoms with Crippen LogP contribution in [-0.4, -0.2) is 73.4 Å². The summed E-state index contributed by atoms with van der Waals surface area (Å²) >= 11 is 13.4. The number of thioether (sulfide) groups is 1. The number of rotatable bonds is 12. The number of aromatic nitrogens is 2. The third kappa shape index (κ3) is 9.10. The normalized spacial score (nSPS) is 23.1. The zero-order valence-corrected chi connectivity index (χ0v) is 25.9. The van der Waals surface area contributed by atoms with Gasteiger partial charge in [0, 0.05) is 11.2 Å². The molecule has 2 rings (SSSR count). The molecule has 40 heavy (non-hydrogen) atoms. The first-order valence-electron chi connectivity index (χ1n) is 12.1. The lowest BCUT2D eigenvalue weighted by Crippen LogP contribution is -2.42. The first kappa shape index (κ1) is 34.9. The first-order valence-corrected chi connectivity index (χ1v) is 15.3. The van der Waals surface area contributed by atoms with E-state index in [9.17, 15) is 33.2 Å². The Morgan fingerprint density at radius 2 is 1.93 bits per heavy atom. The fourth-order valence-electron chi connectivity index (χ4n) is 3.16. The largest absolute Gasteiger partial charge is 0.462 e. The van der Waals surface area contributed by atoms with Gasteiger partial charge in [-0.15, -0.1) is 0 Å². The predicted molar refractivity (Wildman–Crippen MR) is 146 cm³/mol. The number of aliphatic hydroxyl groups excluding tert-OH is 1. The van der Waals surface area contributed by atoms with E-state index in [1.807, 2.05) is 0 Å². The van der Waals surface area contributed by atoms with Gasteiger partial charge in [0.25, 0.3) is 5.56 Å². The van der Waals surface area contributed by atoms with Gasteiger partial charge in [0.2, 0.25) is 5.82 Å². The molecule has 0 bridgehead atoms. The van der Waals surface area contributed by atoms with Crippen LogP contribution in [0.1, 0.15) is 47.8 Å². The second-order valence-electron chi connectivity index (χ2n) is 10.1. The molecule has 13 nitrogen and oxygen atoms in total. The Morgan fingerprint density at radius 3 is 2.50 bits per heavy atom. The van der Waals surface area contributed by atoms with Crippen molar-refractivity contribution in [1.82, 2.24) is 14.6 Å². The van der Waals surface area contributed by atoms with Gasteiger partial charge in [0.15, 0.2) is 15.7 Å². The maximum atomic E-state index is 13.8. The number of nitrogens with zero attached hydrogens (tertiary/aromatic N) is 1. The fraction of sp³-hybridized carbons (Fsp3) is 0.727. The Labute approximate surface area is 244 Å². The number of hydrogen-bond donors (Lipinski definition) is 3. The van der Waals surface area contributed by atoms with Crippen LogP contribution < -0.4 is 16.3 Å². The molecule has 1 aliphatic rings. The molecule has 228 valence electrons.